The Bertz CT molecular complexity index is 1270. The number of hydrogen-bond donors (Lipinski definition) is 0. The predicted octanol–water partition coefficient (Wildman–Crippen LogP) is 2.83. The molecule has 2 unspecified atom stereocenters. The van der Waals surface area contributed by atoms with Crippen LogP contribution in [0.4, 0.5) is 0 Å². The van der Waals surface area contributed by atoms with E-state index in [1.807, 2.05) is 0 Å². The first-order valence-corrected chi connectivity index (χ1v) is 12.3. The van der Waals surface area contributed by atoms with Crippen LogP contribution in [-0.2, 0) is 7.05 Å². The molecule has 0 radical (unpaired) electrons. The molecule has 4 heteroatoms. The van der Waals surface area contributed by atoms with Crippen molar-refractivity contribution in [2.24, 2.45) is 7.05 Å². The fourth-order valence-corrected chi connectivity index (χ4v) is 5.84. The van der Waals surface area contributed by atoms with Crippen molar-refractivity contribution in [3.63, 3.8) is 0 Å². The van der Waals surface area contributed by atoms with Crippen LogP contribution >= 0.6 is 0 Å². The van der Waals surface area contributed by atoms with Gasteiger partial charge in [-0.1, -0.05) is 6.07 Å². The number of hydrogen-bond acceptors (Lipinski definition) is 2. The molecule has 2 heterocycles. The summed E-state index contributed by atoms with van der Waals surface area (Å²) in [5, 5.41) is 1.20. The van der Waals surface area contributed by atoms with Crippen molar-refractivity contribution in [2.45, 2.75) is 25.2 Å². The Morgan fingerprint density at radius 1 is 1.07 bits per heavy atom. The number of halogens is 1. The van der Waals surface area contributed by atoms with Crippen LogP contribution in [0.1, 0.15) is 42.3 Å². The molecule has 0 saturated heterocycles. The summed E-state index contributed by atoms with van der Waals surface area (Å²) < 4.78 is 5.74. The van der Waals surface area contributed by atoms with Gasteiger partial charge in [-0.2, -0.15) is 0 Å². The Morgan fingerprint density at radius 3 is 2.76 bits per heavy atom. The maximum atomic E-state index is 5.14. The predicted molar refractivity (Wildman–Crippen MR) is 116 cm³/mol. The number of nitrogens with zero attached hydrogens (tertiary/aromatic N) is 3. The van der Waals surface area contributed by atoms with E-state index in [1.54, 1.807) is 0 Å². The molecule has 0 amide bonds. The van der Waals surface area contributed by atoms with E-state index in [4.69, 9.17) is 9.97 Å². The number of aromatic nitrogens is 3. The molecular weight excluding hydrogens is 469 g/mol. The average molecular weight is 492 g/mol. The monoisotopic (exact) mass is 492 g/mol. The molecule has 146 valence electrons. The van der Waals surface area contributed by atoms with E-state index in [9.17, 15) is 0 Å². The van der Waals surface area contributed by atoms with Crippen LogP contribution in [0.2, 0.25) is 0 Å². The number of allylic oxidation sites excluding steroid dienone is 1. The van der Waals surface area contributed by atoms with Gasteiger partial charge in [0, 0.05) is 0 Å². The van der Waals surface area contributed by atoms with E-state index >= 15 is 0 Å². The summed E-state index contributed by atoms with van der Waals surface area (Å²) in [5.41, 5.74) is 5.86. The fraction of sp³-hybridized carbons (Fsp3) is 0.200. The van der Waals surface area contributed by atoms with Crippen molar-refractivity contribution in [3.8, 4) is 0 Å². The summed E-state index contributed by atoms with van der Waals surface area (Å²) in [7, 11) is 2.15. The quantitative estimate of drug-likeness (QED) is 0.402. The Labute approximate surface area is 181 Å². The second-order valence-electron chi connectivity index (χ2n) is 7.50. The number of rotatable bonds is 5. The molecule has 1 aliphatic rings. The molecule has 4 aromatic rings. The molecule has 1 aliphatic carbocycles. The molecule has 29 heavy (non-hydrogen) atoms. The number of benzene rings is 2. The Hall–Kier alpha value is -2.47. The summed E-state index contributed by atoms with van der Waals surface area (Å²) in [4.78, 5) is 10.1. The molecule has 3 nitrogen and oxygen atoms in total. The van der Waals surface area contributed by atoms with E-state index in [0.29, 0.717) is 11.8 Å². The SMILES string of the molecule is C=C[I-]c1ccc2c(nc(C3CC3c3ccc4ccccc4n3)n2C)c1/C=C\C. The molecule has 0 aliphatic heterocycles. The van der Waals surface area contributed by atoms with Gasteiger partial charge in [0.05, 0.1) is 0 Å². The first kappa shape index (κ1) is 18.6. The fourth-order valence-electron chi connectivity index (χ4n) is 4.20. The van der Waals surface area contributed by atoms with Gasteiger partial charge in [-0.05, 0) is 0 Å². The topological polar surface area (TPSA) is 30.7 Å². The molecular formula is C25H23IN3-. The van der Waals surface area contributed by atoms with Crippen molar-refractivity contribution < 1.29 is 21.2 Å². The summed E-state index contributed by atoms with van der Waals surface area (Å²) >= 11 is -0.190. The molecule has 0 N–H and O–H groups in total. The average Bonchev–Trinajstić information content (AvgIpc) is 3.47. The van der Waals surface area contributed by atoms with Gasteiger partial charge in [0.1, 0.15) is 0 Å². The zero-order valence-corrected chi connectivity index (χ0v) is 18.8. The van der Waals surface area contributed by atoms with Gasteiger partial charge in [-0.25, -0.2) is 0 Å². The summed E-state index contributed by atoms with van der Waals surface area (Å²) in [5.74, 6) is 2.08. The number of pyridine rings is 1. The van der Waals surface area contributed by atoms with Crippen LogP contribution in [-0.4, -0.2) is 14.5 Å². The van der Waals surface area contributed by atoms with Crippen molar-refractivity contribution in [1.29, 1.82) is 0 Å². The van der Waals surface area contributed by atoms with E-state index < -0.39 is 0 Å². The van der Waals surface area contributed by atoms with Crippen LogP contribution in [0.5, 0.6) is 0 Å². The van der Waals surface area contributed by atoms with E-state index in [0.717, 1.165) is 17.5 Å². The number of fused-ring (bicyclic) bond motifs is 2. The normalized spacial score (nSPS) is 18.8. The van der Waals surface area contributed by atoms with Crippen LogP contribution in [0.25, 0.3) is 28.0 Å². The van der Waals surface area contributed by atoms with Gasteiger partial charge in [-0.3, -0.25) is 0 Å². The van der Waals surface area contributed by atoms with Gasteiger partial charge < -0.3 is 0 Å². The van der Waals surface area contributed by atoms with Crippen molar-refractivity contribution in [1.82, 2.24) is 14.5 Å². The summed E-state index contributed by atoms with van der Waals surface area (Å²) in [6, 6.07) is 17.2. The van der Waals surface area contributed by atoms with Crippen LogP contribution in [0, 0.1) is 3.57 Å². The third-order valence-electron chi connectivity index (χ3n) is 5.72. The van der Waals surface area contributed by atoms with Gasteiger partial charge in [-0.15, -0.1) is 0 Å². The van der Waals surface area contributed by atoms with E-state index in [2.05, 4.69) is 89.9 Å². The number of aryl methyl sites for hydroxylation is 1. The van der Waals surface area contributed by atoms with Crippen molar-refractivity contribution in [3.05, 3.63) is 85.9 Å². The molecule has 2 atom stereocenters. The first-order valence-electron chi connectivity index (χ1n) is 9.93. The second kappa shape index (κ2) is 7.41. The number of para-hydroxylation sites is 1. The second-order valence-corrected chi connectivity index (χ2v) is 10.2. The van der Waals surface area contributed by atoms with Crippen molar-refractivity contribution >= 4 is 28.0 Å². The third-order valence-corrected chi connectivity index (χ3v) is 7.78. The van der Waals surface area contributed by atoms with Crippen LogP contribution in [0.3, 0.4) is 0 Å². The Kier molecular flexibility index (Phi) is 4.74. The Morgan fingerprint density at radius 2 is 1.93 bits per heavy atom. The Balaban J connectivity index is 1.54. The minimum atomic E-state index is -0.190. The van der Waals surface area contributed by atoms with Gasteiger partial charge >= 0.3 is 176 Å². The summed E-state index contributed by atoms with van der Waals surface area (Å²) in [6.07, 6.45) is 5.43. The van der Waals surface area contributed by atoms with E-state index in [-0.39, 0.29) is 21.2 Å². The molecule has 0 spiro atoms. The molecule has 0 bridgehead atoms. The van der Waals surface area contributed by atoms with E-state index in [1.165, 1.54) is 31.6 Å². The maximum absolute atomic E-state index is 5.14. The van der Waals surface area contributed by atoms with Crippen LogP contribution < -0.4 is 21.2 Å². The van der Waals surface area contributed by atoms with Gasteiger partial charge in [0.15, 0.2) is 0 Å². The summed E-state index contributed by atoms with van der Waals surface area (Å²) in [6.45, 7) is 6.03. The zero-order valence-electron chi connectivity index (χ0n) is 16.6. The molecule has 1 fully saturated rings. The van der Waals surface area contributed by atoms with Gasteiger partial charge in [0.25, 0.3) is 0 Å². The van der Waals surface area contributed by atoms with Gasteiger partial charge in [0.2, 0.25) is 0 Å². The van der Waals surface area contributed by atoms with Crippen LogP contribution in [0.15, 0.2) is 65.3 Å². The minimum absolute atomic E-state index is 0.190. The molecule has 2 aromatic carbocycles. The first-order chi connectivity index (χ1) is 14.2. The third kappa shape index (κ3) is 3.19. The zero-order chi connectivity index (χ0) is 20.0. The molecule has 5 rings (SSSR count). The number of imidazole rings is 1. The standard InChI is InChI=1S/C25H23IN3/c1-4-8-17-20(26-5-2)12-14-23-24(17)28-25(29(23)3)19-15-18(19)22-13-11-16-9-6-7-10-21(16)27-22/h4-14,18-19H,2,15H2,1,3H3/q-1/b8-4-. The van der Waals surface area contributed by atoms with Crippen molar-refractivity contribution in [2.75, 3.05) is 0 Å². The molecule has 1 saturated carbocycles. The molecule has 2 aromatic heterocycles.